The molecule has 4 rings (SSSR count). The molecule has 1 fully saturated rings. The predicted molar refractivity (Wildman–Crippen MR) is 135 cm³/mol. The van der Waals surface area contributed by atoms with E-state index in [0.717, 1.165) is 49.1 Å². The number of benzene rings is 2. The second-order valence-corrected chi connectivity index (χ2v) is 9.02. The van der Waals surface area contributed by atoms with E-state index in [-0.39, 0.29) is 0 Å². The van der Waals surface area contributed by atoms with E-state index in [2.05, 4.69) is 60.0 Å². The molecule has 0 bridgehead atoms. The molecular formula is C27H36N4O. The Morgan fingerprint density at radius 1 is 0.969 bits per heavy atom. The number of hydrogen-bond acceptors (Lipinski definition) is 5. The van der Waals surface area contributed by atoms with Gasteiger partial charge in [0.15, 0.2) is 0 Å². The Kier molecular flexibility index (Phi) is 7.83. The van der Waals surface area contributed by atoms with Crippen molar-refractivity contribution in [3.05, 3.63) is 60.7 Å². The lowest BCUT2D eigenvalue weighted by molar-refractivity contribution is 0.296. The maximum atomic E-state index is 5.76. The van der Waals surface area contributed by atoms with Crippen molar-refractivity contribution >= 4 is 22.4 Å². The van der Waals surface area contributed by atoms with Crippen LogP contribution in [-0.2, 0) is 0 Å². The highest BCUT2D eigenvalue weighted by Gasteiger charge is 2.21. The average Bonchev–Trinajstić information content (AvgIpc) is 2.82. The van der Waals surface area contributed by atoms with Crippen molar-refractivity contribution in [1.82, 2.24) is 10.3 Å². The van der Waals surface area contributed by atoms with Crippen molar-refractivity contribution in [2.24, 2.45) is 5.92 Å². The van der Waals surface area contributed by atoms with Crippen molar-refractivity contribution in [1.29, 1.82) is 0 Å². The highest BCUT2D eigenvalue weighted by atomic mass is 16.5. The van der Waals surface area contributed by atoms with Gasteiger partial charge in [-0.05, 0) is 69.3 Å². The van der Waals surface area contributed by atoms with Crippen molar-refractivity contribution in [2.45, 2.75) is 38.1 Å². The molecule has 1 aliphatic rings. The van der Waals surface area contributed by atoms with Crippen LogP contribution in [0.25, 0.3) is 10.9 Å². The summed E-state index contributed by atoms with van der Waals surface area (Å²) in [7, 11) is 4.19. The Morgan fingerprint density at radius 2 is 1.72 bits per heavy atom. The molecule has 1 saturated carbocycles. The van der Waals surface area contributed by atoms with Gasteiger partial charge in [-0.15, -0.1) is 0 Å². The van der Waals surface area contributed by atoms with Gasteiger partial charge in [-0.25, -0.2) is 4.98 Å². The quantitative estimate of drug-likeness (QED) is 0.424. The van der Waals surface area contributed by atoms with Crippen LogP contribution in [0.2, 0.25) is 0 Å². The Balaban J connectivity index is 1.17. The highest BCUT2D eigenvalue weighted by molar-refractivity contribution is 5.93. The zero-order valence-electron chi connectivity index (χ0n) is 19.4. The summed E-state index contributed by atoms with van der Waals surface area (Å²) in [5.41, 5.74) is 2.27. The average molecular weight is 433 g/mol. The normalized spacial score (nSPS) is 18.4. The van der Waals surface area contributed by atoms with Crippen LogP contribution in [-0.4, -0.2) is 44.8 Å². The van der Waals surface area contributed by atoms with Crippen LogP contribution in [0, 0.1) is 5.92 Å². The lowest BCUT2D eigenvalue weighted by atomic mass is 9.86. The number of aromatic nitrogens is 1. The van der Waals surface area contributed by atoms with E-state index >= 15 is 0 Å². The SMILES string of the molecule is CN(C)c1cc(NC2CCC(CNCCCOc3ccccc3)CC2)nc2ccccc12. The maximum absolute atomic E-state index is 5.76. The summed E-state index contributed by atoms with van der Waals surface area (Å²) < 4.78 is 5.76. The molecule has 0 unspecified atom stereocenters. The van der Waals surface area contributed by atoms with E-state index in [1.807, 2.05) is 30.3 Å². The van der Waals surface area contributed by atoms with Crippen molar-refractivity contribution in [3.8, 4) is 5.75 Å². The van der Waals surface area contributed by atoms with Crippen LogP contribution >= 0.6 is 0 Å². The van der Waals surface area contributed by atoms with E-state index in [9.17, 15) is 0 Å². The van der Waals surface area contributed by atoms with Gasteiger partial charge in [0.25, 0.3) is 0 Å². The van der Waals surface area contributed by atoms with Gasteiger partial charge in [0.1, 0.15) is 11.6 Å². The van der Waals surface area contributed by atoms with E-state index in [1.54, 1.807) is 0 Å². The molecule has 1 heterocycles. The fourth-order valence-electron chi connectivity index (χ4n) is 4.53. The third kappa shape index (κ3) is 6.13. The standard InChI is InChI=1S/C27H36N4O/c1-31(2)26-19-27(30-25-12-7-6-11-24(25)26)29-22-15-13-21(14-16-22)20-28-17-8-18-32-23-9-4-3-5-10-23/h3-7,9-12,19,21-22,28H,8,13-18,20H2,1-2H3,(H,29,30). The number of para-hydroxylation sites is 2. The highest BCUT2D eigenvalue weighted by Crippen LogP contribution is 2.30. The molecule has 32 heavy (non-hydrogen) atoms. The second kappa shape index (κ2) is 11.2. The molecule has 2 N–H and O–H groups in total. The number of fused-ring (bicyclic) bond motifs is 1. The smallest absolute Gasteiger partial charge is 0.128 e. The van der Waals surface area contributed by atoms with Gasteiger partial charge in [0, 0.05) is 37.3 Å². The van der Waals surface area contributed by atoms with Gasteiger partial charge in [-0.1, -0.05) is 36.4 Å². The van der Waals surface area contributed by atoms with Crippen molar-refractivity contribution in [2.75, 3.05) is 44.0 Å². The van der Waals surface area contributed by atoms with Gasteiger partial charge < -0.3 is 20.3 Å². The first kappa shape index (κ1) is 22.4. The van der Waals surface area contributed by atoms with E-state index in [4.69, 9.17) is 9.72 Å². The first-order valence-corrected chi connectivity index (χ1v) is 11.9. The Hall–Kier alpha value is -2.79. The molecule has 0 aliphatic heterocycles. The molecule has 2 aromatic carbocycles. The number of nitrogens with zero attached hydrogens (tertiary/aromatic N) is 2. The van der Waals surface area contributed by atoms with Gasteiger partial charge in [-0.2, -0.15) is 0 Å². The molecule has 1 aliphatic carbocycles. The Morgan fingerprint density at radius 3 is 2.50 bits per heavy atom. The fraction of sp³-hybridized carbons (Fsp3) is 0.444. The van der Waals surface area contributed by atoms with Crippen molar-refractivity contribution < 1.29 is 4.74 Å². The second-order valence-electron chi connectivity index (χ2n) is 9.02. The monoisotopic (exact) mass is 432 g/mol. The lowest BCUT2D eigenvalue weighted by Crippen LogP contribution is -2.32. The van der Waals surface area contributed by atoms with Crippen LogP contribution < -0.4 is 20.3 Å². The molecular weight excluding hydrogens is 396 g/mol. The summed E-state index contributed by atoms with van der Waals surface area (Å²) in [6, 6.07) is 21.1. The molecule has 0 radical (unpaired) electrons. The number of hydrogen-bond donors (Lipinski definition) is 2. The molecule has 170 valence electrons. The molecule has 0 amide bonds. The number of pyridine rings is 1. The van der Waals surface area contributed by atoms with E-state index in [1.165, 1.54) is 36.8 Å². The molecule has 5 nitrogen and oxygen atoms in total. The number of ether oxygens (including phenoxy) is 1. The van der Waals surface area contributed by atoms with Gasteiger partial charge >= 0.3 is 0 Å². The minimum atomic E-state index is 0.509. The van der Waals surface area contributed by atoms with Crippen LogP contribution in [0.5, 0.6) is 5.75 Å². The molecule has 3 aromatic rings. The number of rotatable bonds is 10. The topological polar surface area (TPSA) is 49.4 Å². The summed E-state index contributed by atoms with van der Waals surface area (Å²) in [6.45, 7) is 2.89. The first-order chi connectivity index (χ1) is 15.7. The lowest BCUT2D eigenvalue weighted by Gasteiger charge is -2.30. The number of nitrogens with one attached hydrogen (secondary N) is 2. The molecule has 1 aromatic heterocycles. The first-order valence-electron chi connectivity index (χ1n) is 11.9. The zero-order valence-corrected chi connectivity index (χ0v) is 19.4. The predicted octanol–water partition coefficient (Wildman–Crippen LogP) is 5.33. The summed E-state index contributed by atoms with van der Waals surface area (Å²) in [4.78, 5) is 7.04. The van der Waals surface area contributed by atoms with E-state index in [0.29, 0.717) is 6.04 Å². The summed E-state index contributed by atoms with van der Waals surface area (Å²) in [5.74, 6) is 2.72. The Bertz CT molecular complexity index is 968. The van der Waals surface area contributed by atoms with Crippen LogP contribution in [0.3, 0.4) is 0 Å². The zero-order chi connectivity index (χ0) is 22.2. The van der Waals surface area contributed by atoms with Gasteiger partial charge in [0.2, 0.25) is 0 Å². The third-order valence-corrected chi connectivity index (χ3v) is 6.32. The molecule has 5 heteroatoms. The summed E-state index contributed by atoms with van der Waals surface area (Å²) >= 11 is 0. The molecule has 0 saturated heterocycles. The van der Waals surface area contributed by atoms with Gasteiger partial charge in [-0.3, -0.25) is 0 Å². The summed E-state index contributed by atoms with van der Waals surface area (Å²) in [6.07, 6.45) is 5.97. The van der Waals surface area contributed by atoms with Crippen LogP contribution in [0.1, 0.15) is 32.1 Å². The summed E-state index contributed by atoms with van der Waals surface area (Å²) in [5, 5.41) is 8.54. The third-order valence-electron chi connectivity index (χ3n) is 6.32. The van der Waals surface area contributed by atoms with Crippen molar-refractivity contribution in [3.63, 3.8) is 0 Å². The molecule has 0 spiro atoms. The minimum absolute atomic E-state index is 0.509. The molecule has 0 atom stereocenters. The van der Waals surface area contributed by atoms with Gasteiger partial charge in [0.05, 0.1) is 12.1 Å². The maximum Gasteiger partial charge on any atom is 0.128 e. The van der Waals surface area contributed by atoms with Crippen LogP contribution in [0.15, 0.2) is 60.7 Å². The fourth-order valence-corrected chi connectivity index (χ4v) is 4.53. The Labute approximate surface area is 192 Å². The minimum Gasteiger partial charge on any atom is -0.494 e. The van der Waals surface area contributed by atoms with E-state index < -0.39 is 0 Å². The largest absolute Gasteiger partial charge is 0.494 e. The number of anilines is 2. The van der Waals surface area contributed by atoms with Crippen LogP contribution in [0.4, 0.5) is 11.5 Å².